The van der Waals surface area contributed by atoms with Gasteiger partial charge in [-0.1, -0.05) is 30.3 Å². The van der Waals surface area contributed by atoms with Gasteiger partial charge < -0.3 is 28.7 Å². The molecule has 0 unspecified atom stereocenters. The fourth-order valence-corrected chi connectivity index (χ4v) is 5.16. The lowest BCUT2D eigenvalue weighted by molar-refractivity contribution is 0.0728. The van der Waals surface area contributed by atoms with Crippen LogP contribution in [0.1, 0.15) is 26.4 Å². The van der Waals surface area contributed by atoms with E-state index in [4.69, 9.17) is 23.7 Å². The van der Waals surface area contributed by atoms with E-state index in [2.05, 4.69) is 38.1 Å². The predicted octanol–water partition coefficient (Wildman–Crippen LogP) is 6.46. The molecule has 224 valence electrons. The minimum Gasteiger partial charge on any atom is -0.493 e. The number of halogens is 1. The Morgan fingerprint density at radius 2 is 1.50 bits per heavy atom. The van der Waals surface area contributed by atoms with E-state index in [0.29, 0.717) is 28.5 Å². The number of hydrogen-bond acceptors (Lipinski definition) is 8. The number of fused-ring (bicyclic) bond motifs is 1. The van der Waals surface area contributed by atoms with Gasteiger partial charge in [-0.3, -0.25) is 4.79 Å². The molecule has 1 amide bonds. The molecular formula is C33H28IN3O7. The highest BCUT2D eigenvalue weighted by Gasteiger charge is 2.21. The van der Waals surface area contributed by atoms with E-state index in [1.165, 1.54) is 46.8 Å². The lowest BCUT2D eigenvalue weighted by atomic mass is 10.0. The number of carbonyl (C=O) groups is 2. The van der Waals surface area contributed by atoms with Gasteiger partial charge in [0.15, 0.2) is 23.0 Å². The first kappa shape index (κ1) is 30.4. The predicted molar refractivity (Wildman–Crippen MR) is 176 cm³/mol. The number of carbonyl (C=O) groups excluding carboxylic acids is 2. The van der Waals surface area contributed by atoms with Crippen molar-refractivity contribution in [2.75, 3.05) is 28.4 Å². The van der Waals surface area contributed by atoms with Crippen molar-refractivity contribution in [1.82, 2.24) is 10.4 Å². The molecule has 0 aliphatic carbocycles. The van der Waals surface area contributed by atoms with E-state index < -0.39 is 11.9 Å². The molecule has 0 saturated heterocycles. The molecular weight excluding hydrogens is 677 g/mol. The third-order valence-electron chi connectivity index (χ3n) is 6.72. The van der Waals surface area contributed by atoms with E-state index in [1.54, 1.807) is 18.2 Å². The molecule has 0 saturated carbocycles. The summed E-state index contributed by atoms with van der Waals surface area (Å²) in [6.45, 7) is 0. The second kappa shape index (κ2) is 13.5. The van der Waals surface area contributed by atoms with Gasteiger partial charge in [0.1, 0.15) is 5.69 Å². The van der Waals surface area contributed by atoms with Crippen molar-refractivity contribution in [1.29, 1.82) is 0 Å². The minimum absolute atomic E-state index is 0.188. The second-order valence-corrected chi connectivity index (χ2v) is 10.6. The van der Waals surface area contributed by atoms with Gasteiger partial charge in [-0.25, -0.2) is 10.2 Å². The maximum absolute atomic E-state index is 13.3. The van der Waals surface area contributed by atoms with Gasteiger partial charge in [-0.2, -0.15) is 5.10 Å². The zero-order chi connectivity index (χ0) is 31.2. The number of benzene rings is 4. The first-order valence-electron chi connectivity index (χ1n) is 13.3. The largest absolute Gasteiger partial charge is 0.493 e. The second-order valence-electron chi connectivity index (χ2n) is 9.34. The third-order valence-corrected chi connectivity index (χ3v) is 7.39. The summed E-state index contributed by atoms with van der Waals surface area (Å²) in [5, 5.41) is 5.10. The fraction of sp³-hybridized carbons (Fsp3) is 0.121. The Bertz CT molecular complexity index is 1840. The average molecular weight is 706 g/mol. The molecule has 0 fully saturated rings. The quantitative estimate of drug-likeness (QED) is 0.0563. The Labute approximate surface area is 267 Å². The first-order valence-corrected chi connectivity index (χ1v) is 14.3. The van der Waals surface area contributed by atoms with Crippen LogP contribution in [0.4, 0.5) is 0 Å². The lowest BCUT2D eigenvalue weighted by Gasteiger charge is -2.14. The van der Waals surface area contributed by atoms with Crippen LogP contribution in [0.3, 0.4) is 0 Å². The van der Waals surface area contributed by atoms with Crippen LogP contribution < -0.4 is 29.1 Å². The van der Waals surface area contributed by atoms with Gasteiger partial charge in [0.05, 0.1) is 40.2 Å². The van der Waals surface area contributed by atoms with Crippen molar-refractivity contribution in [3.8, 4) is 39.9 Å². The summed E-state index contributed by atoms with van der Waals surface area (Å²) >= 11 is 2.25. The van der Waals surface area contributed by atoms with E-state index in [9.17, 15) is 9.59 Å². The van der Waals surface area contributed by atoms with Crippen molar-refractivity contribution in [2.45, 2.75) is 0 Å². The summed E-state index contributed by atoms with van der Waals surface area (Å²) < 4.78 is 28.1. The molecule has 2 N–H and O–H groups in total. The summed E-state index contributed by atoms with van der Waals surface area (Å²) in [4.78, 5) is 29.5. The first-order chi connectivity index (χ1) is 21.4. The molecule has 0 atom stereocenters. The van der Waals surface area contributed by atoms with E-state index >= 15 is 0 Å². The molecule has 5 rings (SSSR count). The highest BCUT2D eigenvalue weighted by Crippen LogP contribution is 2.39. The Hall–Kier alpha value is -5.04. The van der Waals surface area contributed by atoms with Crippen LogP contribution in [-0.4, -0.2) is 51.5 Å². The zero-order valence-electron chi connectivity index (χ0n) is 24.3. The lowest BCUT2D eigenvalue weighted by Crippen LogP contribution is -2.18. The van der Waals surface area contributed by atoms with Gasteiger partial charge in [0.2, 0.25) is 5.75 Å². The summed E-state index contributed by atoms with van der Waals surface area (Å²) in [6.07, 6.45) is 1.47. The SMILES string of the molecule is COc1cc(C=NNC(=O)c2[nH]c3ccc(I)cc3c2-c2ccccc2)ccc1OC(=O)c1cc(OC)c(OC)c(OC)c1. The standard InChI is InChI=1S/C33H28IN3O7/c1-40-26-14-19(10-13-25(26)44-33(39)21-15-27(41-2)31(43-4)28(16-21)42-3)18-35-37-32(38)30-29(20-8-6-5-7-9-20)23-17-22(34)11-12-24(23)36-30/h5-18,36H,1-4H3,(H,37,38). The number of H-pyrrole nitrogens is 1. The highest BCUT2D eigenvalue weighted by molar-refractivity contribution is 14.1. The molecule has 10 nitrogen and oxygen atoms in total. The van der Waals surface area contributed by atoms with Crippen molar-refractivity contribution in [2.24, 2.45) is 5.10 Å². The fourth-order valence-electron chi connectivity index (χ4n) is 4.67. The summed E-state index contributed by atoms with van der Waals surface area (Å²) in [6, 6.07) is 23.6. The van der Waals surface area contributed by atoms with Crippen molar-refractivity contribution >= 4 is 51.6 Å². The summed E-state index contributed by atoms with van der Waals surface area (Å²) in [5.74, 6) is 0.420. The van der Waals surface area contributed by atoms with Crippen LogP contribution >= 0.6 is 22.6 Å². The molecule has 0 aliphatic rings. The van der Waals surface area contributed by atoms with Crippen molar-refractivity contribution in [3.05, 3.63) is 99.3 Å². The van der Waals surface area contributed by atoms with Crippen LogP contribution in [0.2, 0.25) is 0 Å². The van der Waals surface area contributed by atoms with Gasteiger partial charge >= 0.3 is 5.97 Å². The van der Waals surface area contributed by atoms with Crippen molar-refractivity contribution < 1.29 is 33.3 Å². The Balaban J connectivity index is 1.34. The summed E-state index contributed by atoms with van der Waals surface area (Å²) in [5.41, 5.74) is 6.36. The van der Waals surface area contributed by atoms with Gasteiger partial charge in [0.25, 0.3) is 5.91 Å². The van der Waals surface area contributed by atoms with Gasteiger partial charge in [-0.05, 0) is 82.2 Å². The summed E-state index contributed by atoms with van der Waals surface area (Å²) in [7, 11) is 5.85. The van der Waals surface area contributed by atoms with Crippen molar-refractivity contribution in [3.63, 3.8) is 0 Å². The normalized spacial score (nSPS) is 10.9. The number of rotatable bonds is 10. The minimum atomic E-state index is -0.654. The number of methoxy groups -OCH3 is 4. The van der Waals surface area contributed by atoms with E-state index in [0.717, 1.165) is 25.6 Å². The van der Waals surface area contributed by atoms with Crippen LogP contribution in [0.5, 0.6) is 28.7 Å². The number of aromatic amines is 1. The Morgan fingerprint density at radius 1 is 0.795 bits per heavy atom. The highest BCUT2D eigenvalue weighted by atomic mass is 127. The molecule has 44 heavy (non-hydrogen) atoms. The van der Waals surface area contributed by atoms with Crippen LogP contribution in [0.25, 0.3) is 22.0 Å². The van der Waals surface area contributed by atoms with E-state index in [-0.39, 0.29) is 17.1 Å². The number of nitrogens with zero attached hydrogens (tertiary/aromatic N) is 1. The molecule has 1 heterocycles. The topological polar surface area (TPSA) is 120 Å². The maximum Gasteiger partial charge on any atom is 0.343 e. The monoisotopic (exact) mass is 705 g/mol. The number of aromatic nitrogens is 1. The molecule has 1 aromatic heterocycles. The molecule has 0 bridgehead atoms. The van der Waals surface area contributed by atoms with Gasteiger partial charge in [0, 0.05) is 20.0 Å². The average Bonchev–Trinajstić information content (AvgIpc) is 3.43. The number of hydrogen-bond donors (Lipinski definition) is 2. The van der Waals surface area contributed by atoms with Crippen LogP contribution in [0.15, 0.2) is 84.0 Å². The molecule has 11 heteroatoms. The molecule has 0 spiro atoms. The number of ether oxygens (including phenoxy) is 5. The molecule has 0 aliphatic heterocycles. The van der Waals surface area contributed by atoms with Crippen LogP contribution in [-0.2, 0) is 0 Å². The van der Waals surface area contributed by atoms with Crippen LogP contribution in [0, 0.1) is 3.57 Å². The number of amides is 1. The van der Waals surface area contributed by atoms with Gasteiger partial charge in [-0.15, -0.1) is 0 Å². The Morgan fingerprint density at radius 3 is 2.16 bits per heavy atom. The molecule has 5 aromatic rings. The number of nitrogens with one attached hydrogen (secondary N) is 2. The smallest absolute Gasteiger partial charge is 0.343 e. The molecule has 4 aromatic carbocycles. The Kier molecular flexibility index (Phi) is 9.34. The zero-order valence-corrected chi connectivity index (χ0v) is 26.4. The third kappa shape index (κ3) is 6.32. The number of esters is 1. The van der Waals surface area contributed by atoms with E-state index in [1.807, 2.05) is 48.5 Å². The maximum atomic E-state index is 13.3. The molecule has 0 radical (unpaired) electrons. The number of hydrazone groups is 1.